The standard InChI is InChI=1S/C16H16N4OS.C14H19NO2/c1-11-18-13-10-14(12-2-4-17-5-3-12)22-15(13)16(19-11)20-6-8-21-9-7-20;1-10(2)17-13-7-5-6-12(9-13)14(15-4)8-11(3)16/h2-5,10H,6-9H2,1H3;5-10,15H,1-4H3/b;14-8-. The van der Waals surface area contributed by atoms with Crippen LogP contribution in [0.2, 0.25) is 0 Å². The van der Waals surface area contributed by atoms with E-state index in [1.807, 2.05) is 69.6 Å². The zero-order valence-electron chi connectivity index (χ0n) is 23.1. The largest absolute Gasteiger partial charge is 0.491 e. The van der Waals surface area contributed by atoms with E-state index in [4.69, 9.17) is 9.47 Å². The molecule has 0 amide bonds. The third-order valence-electron chi connectivity index (χ3n) is 5.87. The molecule has 0 unspecified atom stereocenters. The van der Waals surface area contributed by atoms with Crippen LogP contribution in [0.25, 0.3) is 26.4 Å². The molecule has 1 saturated heterocycles. The van der Waals surface area contributed by atoms with Crippen molar-refractivity contribution < 1.29 is 14.3 Å². The van der Waals surface area contributed by atoms with E-state index >= 15 is 0 Å². The van der Waals surface area contributed by atoms with Crippen LogP contribution in [0, 0.1) is 6.92 Å². The minimum absolute atomic E-state index is 0.0181. The second-order valence-electron chi connectivity index (χ2n) is 9.37. The molecule has 39 heavy (non-hydrogen) atoms. The molecular weight excluding hydrogens is 510 g/mol. The number of aryl methyl sites for hydroxylation is 1. The number of anilines is 1. The van der Waals surface area contributed by atoms with Crippen LogP contribution in [-0.2, 0) is 9.53 Å². The van der Waals surface area contributed by atoms with Crippen LogP contribution in [-0.4, -0.2) is 60.2 Å². The Kier molecular flexibility index (Phi) is 9.62. The summed E-state index contributed by atoms with van der Waals surface area (Å²) in [5.41, 5.74) is 3.93. The van der Waals surface area contributed by atoms with E-state index < -0.39 is 0 Å². The summed E-state index contributed by atoms with van der Waals surface area (Å²) >= 11 is 1.74. The number of rotatable bonds is 7. The van der Waals surface area contributed by atoms with Crippen molar-refractivity contribution in [3.8, 4) is 16.2 Å². The summed E-state index contributed by atoms with van der Waals surface area (Å²) < 4.78 is 12.2. The predicted octanol–water partition coefficient (Wildman–Crippen LogP) is 5.52. The Morgan fingerprint density at radius 3 is 2.54 bits per heavy atom. The average molecular weight is 546 g/mol. The van der Waals surface area contributed by atoms with E-state index in [1.54, 1.807) is 24.5 Å². The number of benzene rings is 1. The number of carbonyl (C=O) groups is 1. The predicted molar refractivity (Wildman–Crippen MR) is 158 cm³/mol. The minimum atomic E-state index is 0.0181. The van der Waals surface area contributed by atoms with E-state index in [0.29, 0.717) is 0 Å². The van der Waals surface area contributed by atoms with Gasteiger partial charge in [0.2, 0.25) is 0 Å². The van der Waals surface area contributed by atoms with Gasteiger partial charge in [-0.2, -0.15) is 0 Å². The van der Waals surface area contributed by atoms with Crippen molar-refractivity contribution in [2.24, 2.45) is 0 Å². The number of aromatic nitrogens is 3. The molecule has 1 aliphatic heterocycles. The first-order valence-corrected chi connectivity index (χ1v) is 13.8. The first-order chi connectivity index (χ1) is 18.8. The lowest BCUT2D eigenvalue weighted by atomic mass is 10.1. The summed E-state index contributed by atoms with van der Waals surface area (Å²) in [7, 11) is 1.80. The maximum atomic E-state index is 11.1. The molecule has 0 atom stereocenters. The number of fused-ring (bicyclic) bond motifs is 1. The number of morpholine rings is 1. The van der Waals surface area contributed by atoms with Gasteiger partial charge in [0.05, 0.1) is 29.5 Å². The normalized spacial score (nSPS) is 13.7. The molecular formula is C30H35N5O3S. The smallest absolute Gasteiger partial charge is 0.154 e. The quantitative estimate of drug-likeness (QED) is 0.304. The summed E-state index contributed by atoms with van der Waals surface area (Å²) in [5.74, 6) is 2.68. The van der Waals surface area contributed by atoms with Crippen LogP contribution in [0.3, 0.4) is 0 Å². The maximum Gasteiger partial charge on any atom is 0.154 e. The summed E-state index contributed by atoms with van der Waals surface area (Å²) in [4.78, 5) is 28.0. The van der Waals surface area contributed by atoms with Crippen molar-refractivity contribution in [2.75, 3.05) is 38.3 Å². The first kappa shape index (κ1) is 28.2. The SMILES string of the molecule is CN/C(=C\C(C)=O)c1cccc(OC(C)C)c1.Cc1nc(N2CCOCC2)c2sc(-c3ccncc3)cc2n1. The second kappa shape index (κ2) is 13.3. The fourth-order valence-corrected chi connectivity index (χ4v) is 5.31. The fraction of sp³-hybridized carbons (Fsp3) is 0.333. The molecule has 0 bridgehead atoms. The van der Waals surface area contributed by atoms with Gasteiger partial charge < -0.3 is 19.7 Å². The summed E-state index contributed by atoms with van der Waals surface area (Å²) in [6.45, 7) is 10.7. The Hall–Kier alpha value is -3.82. The number of thiophene rings is 1. The molecule has 3 aromatic heterocycles. The molecule has 0 radical (unpaired) electrons. The van der Waals surface area contributed by atoms with Crippen molar-refractivity contribution in [2.45, 2.75) is 33.8 Å². The molecule has 4 heterocycles. The number of carbonyl (C=O) groups excluding carboxylic acids is 1. The van der Waals surface area contributed by atoms with Gasteiger partial charge in [-0.1, -0.05) is 12.1 Å². The fourth-order valence-electron chi connectivity index (χ4n) is 4.19. The van der Waals surface area contributed by atoms with Gasteiger partial charge in [-0.3, -0.25) is 9.78 Å². The van der Waals surface area contributed by atoms with Crippen LogP contribution in [0.15, 0.2) is 60.9 Å². The highest BCUT2D eigenvalue weighted by Gasteiger charge is 2.19. The van der Waals surface area contributed by atoms with E-state index in [-0.39, 0.29) is 11.9 Å². The zero-order valence-corrected chi connectivity index (χ0v) is 23.9. The third kappa shape index (κ3) is 7.61. The molecule has 0 saturated carbocycles. The molecule has 5 rings (SSSR count). The van der Waals surface area contributed by atoms with Crippen molar-refractivity contribution in [1.82, 2.24) is 20.3 Å². The molecule has 8 nitrogen and oxygen atoms in total. The molecule has 204 valence electrons. The Balaban J connectivity index is 0.000000188. The number of ketones is 1. The van der Waals surface area contributed by atoms with Crippen molar-refractivity contribution >= 4 is 38.9 Å². The van der Waals surface area contributed by atoms with Gasteiger partial charge in [0.15, 0.2) is 11.6 Å². The summed E-state index contributed by atoms with van der Waals surface area (Å²) in [6.07, 6.45) is 5.35. The Bertz CT molecular complexity index is 1430. The maximum absolute atomic E-state index is 11.1. The number of nitrogens with zero attached hydrogens (tertiary/aromatic N) is 4. The van der Waals surface area contributed by atoms with Gasteiger partial charge in [-0.25, -0.2) is 9.97 Å². The summed E-state index contributed by atoms with van der Waals surface area (Å²) in [5, 5.41) is 3.01. The first-order valence-electron chi connectivity index (χ1n) is 13.0. The van der Waals surface area contributed by atoms with Crippen molar-refractivity contribution in [1.29, 1.82) is 0 Å². The Morgan fingerprint density at radius 2 is 1.87 bits per heavy atom. The summed E-state index contributed by atoms with van der Waals surface area (Å²) in [6, 6.07) is 13.9. The molecule has 1 aliphatic rings. The number of nitrogens with one attached hydrogen (secondary N) is 1. The molecule has 9 heteroatoms. The van der Waals surface area contributed by atoms with E-state index in [2.05, 4.69) is 31.2 Å². The van der Waals surface area contributed by atoms with Crippen LogP contribution >= 0.6 is 11.3 Å². The molecule has 0 spiro atoms. The zero-order chi connectivity index (χ0) is 27.8. The van der Waals surface area contributed by atoms with Crippen LogP contribution in [0.4, 0.5) is 5.82 Å². The number of hydrogen-bond donors (Lipinski definition) is 1. The number of ether oxygens (including phenoxy) is 2. The van der Waals surface area contributed by atoms with Crippen LogP contribution in [0.1, 0.15) is 32.2 Å². The van der Waals surface area contributed by atoms with Crippen molar-refractivity contribution in [3.05, 3.63) is 72.3 Å². The minimum Gasteiger partial charge on any atom is -0.491 e. The van der Waals surface area contributed by atoms with E-state index in [0.717, 1.165) is 65.2 Å². The van der Waals surface area contributed by atoms with Gasteiger partial charge in [0.25, 0.3) is 0 Å². The van der Waals surface area contributed by atoms with E-state index in [1.165, 1.54) is 17.4 Å². The molecule has 4 aromatic rings. The van der Waals surface area contributed by atoms with Crippen LogP contribution < -0.4 is 15.0 Å². The highest BCUT2D eigenvalue weighted by molar-refractivity contribution is 7.22. The monoisotopic (exact) mass is 545 g/mol. The molecule has 1 aromatic carbocycles. The van der Waals surface area contributed by atoms with Gasteiger partial charge in [0.1, 0.15) is 11.6 Å². The average Bonchev–Trinajstić information content (AvgIpc) is 3.36. The number of pyridine rings is 1. The lowest BCUT2D eigenvalue weighted by Gasteiger charge is -2.28. The van der Waals surface area contributed by atoms with Gasteiger partial charge >= 0.3 is 0 Å². The van der Waals surface area contributed by atoms with Gasteiger partial charge in [0, 0.05) is 54.7 Å². The van der Waals surface area contributed by atoms with Gasteiger partial charge in [-0.05, 0) is 63.6 Å². The highest BCUT2D eigenvalue weighted by atomic mass is 32.1. The lowest BCUT2D eigenvalue weighted by molar-refractivity contribution is -0.112. The van der Waals surface area contributed by atoms with E-state index in [9.17, 15) is 4.79 Å². The molecule has 1 fully saturated rings. The second-order valence-corrected chi connectivity index (χ2v) is 10.4. The Morgan fingerprint density at radius 1 is 1.13 bits per heavy atom. The third-order valence-corrected chi connectivity index (χ3v) is 7.04. The number of hydrogen-bond acceptors (Lipinski definition) is 9. The number of allylic oxidation sites excluding steroid dienone is 1. The topological polar surface area (TPSA) is 89.5 Å². The highest BCUT2D eigenvalue weighted by Crippen LogP contribution is 2.37. The molecule has 1 N–H and O–H groups in total. The molecule has 0 aliphatic carbocycles. The van der Waals surface area contributed by atoms with Crippen LogP contribution in [0.5, 0.6) is 5.75 Å². The lowest BCUT2D eigenvalue weighted by Crippen LogP contribution is -2.36. The van der Waals surface area contributed by atoms with Crippen molar-refractivity contribution in [3.63, 3.8) is 0 Å². The van der Waals surface area contributed by atoms with Gasteiger partial charge in [-0.15, -0.1) is 11.3 Å². The Labute approximate surface area is 233 Å².